The van der Waals surface area contributed by atoms with Crippen molar-refractivity contribution in [3.05, 3.63) is 42.2 Å². The highest BCUT2D eigenvalue weighted by molar-refractivity contribution is 6.00. The van der Waals surface area contributed by atoms with Crippen molar-refractivity contribution in [3.8, 4) is 0 Å². The summed E-state index contributed by atoms with van der Waals surface area (Å²) in [6.07, 6.45) is 5.32. The molecule has 0 atom stereocenters. The van der Waals surface area contributed by atoms with E-state index in [1.54, 1.807) is 24.0 Å². The van der Waals surface area contributed by atoms with E-state index in [2.05, 4.69) is 31.0 Å². The Morgan fingerprint density at radius 2 is 2.17 bits per heavy atom. The Kier molecular flexibility index (Phi) is 3.49. The molecule has 0 aliphatic heterocycles. The minimum atomic E-state index is -0.142. The Balaban J connectivity index is 1.73. The minimum Gasteiger partial charge on any atom is -0.373 e. The van der Waals surface area contributed by atoms with Gasteiger partial charge in [0.2, 0.25) is 0 Å². The zero-order valence-corrected chi connectivity index (χ0v) is 13.2. The van der Waals surface area contributed by atoms with Gasteiger partial charge in [0, 0.05) is 25.4 Å². The first-order valence-corrected chi connectivity index (χ1v) is 7.80. The zero-order chi connectivity index (χ0) is 16.5. The van der Waals surface area contributed by atoms with Crippen molar-refractivity contribution in [3.63, 3.8) is 0 Å². The Bertz CT molecular complexity index is 886. The van der Waals surface area contributed by atoms with Gasteiger partial charge in [-0.05, 0) is 25.0 Å². The third-order valence-corrected chi connectivity index (χ3v) is 3.81. The Morgan fingerprint density at radius 1 is 1.29 bits per heavy atom. The van der Waals surface area contributed by atoms with E-state index in [9.17, 15) is 4.79 Å². The van der Waals surface area contributed by atoms with E-state index in [1.165, 1.54) is 0 Å². The van der Waals surface area contributed by atoms with Gasteiger partial charge in [0.25, 0.3) is 5.91 Å². The van der Waals surface area contributed by atoms with Crippen molar-refractivity contribution in [1.82, 2.24) is 24.9 Å². The summed E-state index contributed by atoms with van der Waals surface area (Å²) in [5, 5.41) is 13.5. The molecule has 0 bridgehead atoms. The molecule has 1 amide bonds. The van der Waals surface area contributed by atoms with Gasteiger partial charge in [-0.3, -0.25) is 4.79 Å². The normalized spacial score (nSPS) is 13.7. The third-order valence-electron chi connectivity index (χ3n) is 3.81. The third kappa shape index (κ3) is 2.73. The summed E-state index contributed by atoms with van der Waals surface area (Å²) >= 11 is 0. The van der Waals surface area contributed by atoms with E-state index < -0.39 is 0 Å². The molecule has 3 aromatic heterocycles. The van der Waals surface area contributed by atoms with Crippen molar-refractivity contribution in [2.45, 2.75) is 18.9 Å². The summed E-state index contributed by atoms with van der Waals surface area (Å²) < 4.78 is 1.62. The van der Waals surface area contributed by atoms with Gasteiger partial charge < -0.3 is 16.0 Å². The summed E-state index contributed by atoms with van der Waals surface area (Å²) in [6.45, 7) is 0. The second-order valence-corrected chi connectivity index (χ2v) is 5.66. The molecule has 8 nitrogen and oxygen atoms in total. The quantitative estimate of drug-likeness (QED) is 0.662. The summed E-state index contributed by atoms with van der Waals surface area (Å²) in [5.74, 6) is 1.85. The molecule has 0 aromatic carbocycles. The summed E-state index contributed by atoms with van der Waals surface area (Å²) in [4.78, 5) is 21.1. The van der Waals surface area contributed by atoms with Crippen molar-refractivity contribution in [2.24, 2.45) is 0 Å². The van der Waals surface area contributed by atoms with Gasteiger partial charge in [-0.25, -0.2) is 9.97 Å². The molecule has 1 fully saturated rings. The predicted octanol–water partition coefficient (Wildman–Crippen LogP) is 1.80. The number of aromatic nitrogens is 4. The molecule has 1 aliphatic rings. The number of anilines is 3. The van der Waals surface area contributed by atoms with Crippen LogP contribution in [-0.2, 0) is 0 Å². The lowest BCUT2D eigenvalue weighted by atomic mass is 10.3. The number of carbonyl (C=O) groups excluding carboxylic acids is 1. The molecular weight excluding hydrogens is 306 g/mol. The number of fused-ring (bicyclic) bond motifs is 1. The Hall–Kier alpha value is -3.16. The number of nitrogens with one attached hydrogen (secondary N) is 3. The largest absolute Gasteiger partial charge is 0.373 e. The van der Waals surface area contributed by atoms with Gasteiger partial charge >= 0.3 is 0 Å². The minimum absolute atomic E-state index is 0.142. The van der Waals surface area contributed by atoms with Gasteiger partial charge in [-0.15, -0.1) is 0 Å². The summed E-state index contributed by atoms with van der Waals surface area (Å²) in [7, 11) is 1.80. The number of amides is 1. The van der Waals surface area contributed by atoms with Crippen molar-refractivity contribution < 1.29 is 4.79 Å². The van der Waals surface area contributed by atoms with Gasteiger partial charge in [-0.2, -0.15) is 9.61 Å². The standard InChI is InChI=1S/C16H17N7O/c1-17-14-8-13(21-12-4-2-3-7-18-12)22-15-11(9-19-23(14)15)16(24)20-10-5-6-10/h2-4,7-10,17H,5-6H2,1H3,(H,20,24)(H,18,21,22). The smallest absolute Gasteiger partial charge is 0.256 e. The van der Waals surface area contributed by atoms with E-state index in [0.717, 1.165) is 18.7 Å². The average molecular weight is 323 g/mol. The fraction of sp³-hybridized carbons (Fsp3) is 0.250. The van der Waals surface area contributed by atoms with Gasteiger partial charge in [0.05, 0.1) is 6.20 Å². The zero-order valence-electron chi connectivity index (χ0n) is 13.2. The maximum atomic E-state index is 12.4. The van der Waals surface area contributed by atoms with E-state index >= 15 is 0 Å². The van der Waals surface area contributed by atoms with Crippen LogP contribution in [0.2, 0.25) is 0 Å². The van der Waals surface area contributed by atoms with E-state index in [1.807, 2.05) is 24.3 Å². The highest BCUT2D eigenvalue weighted by atomic mass is 16.1. The van der Waals surface area contributed by atoms with Gasteiger partial charge in [-0.1, -0.05) is 6.07 Å². The summed E-state index contributed by atoms with van der Waals surface area (Å²) in [5.41, 5.74) is 0.960. The van der Waals surface area contributed by atoms with Crippen LogP contribution in [0.1, 0.15) is 23.2 Å². The van der Waals surface area contributed by atoms with Crippen molar-refractivity contribution in [2.75, 3.05) is 17.7 Å². The molecule has 0 unspecified atom stereocenters. The number of carbonyl (C=O) groups is 1. The molecule has 0 saturated heterocycles. The Morgan fingerprint density at radius 3 is 2.88 bits per heavy atom. The first-order chi connectivity index (χ1) is 11.7. The van der Waals surface area contributed by atoms with E-state index in [0.29, 0.717) is 22.8 Å². The number of rotatable bonds is 5. The van der Waals surface area contributed by atoms with Crippen LogP contribution in [0.15, 0.2) is 36.7 Å². The number of nitrogens with zero attached hydrogens (tertiary/aromatic N) is 4. The molecule has 122 valence electrons. The van der Waals surface area contributed by atoms with Gasteiger partial charge in [0.15, 0.2) is 5.65 Å². The maximum absolute atomic E-state index is 12.4. The molecular formula is C16H17N7O. The number of pyridine rings is 1. The molecule has 3 heterocycles. The molecule has 3 aromatic rings. The van der Waals surface area contributed by atoms with Crippen LogP contribution in [0.3, 0.4) is 0 Å². The molecule has 24 heavy (non-hydrogen) atoms. The van der Waals surface area contributed by atoms with Crippen LogP contribution >= 0.6 is 0 Å². The molecule has 1 aliphatic carbocycles. The number of hydrogen-bond acceptors (Lipinski definition) is 6. The molecule has 4 rings (SSSR count). The van der Waals surface area contributed by atoms with Crippen LogP contribution in [0.25, 0.3) is 5.65 Å². The second kappa shape index (κ2) is 5.80. The monoisotopic (exact) mass is 323 g/mol. The van der Waals surface area contributed by atoms with Crippen LogP contribution in [0, 0.1) is 0 Å². The lowest BCUT2D eigenvalue weighted by molar-refractivity contribution is 0.0952. The highest BCUT2D eigenvalue weighted by Crippen LogP contribution is 2.23. The number of hydrogen-bond donors (Lipinski definition) is 3. The predicted molar refractivity (Wildman–Crippen MR) is 90.5 cm³/mol. The average Bonchev–Trinajstić information content (AvgIpc) is 3.31. The molecule has 0 radical (unpaired) electrons. The molecule has 0 spiro atoms. The van der Waals surface area contributed by atoms with E-state index in [4.69, 9.17) is 0 Å². The van der Waals surface area contributed by atoms with Crippen LogP contribution < -0.4 is 16.0 Å². The fourth-order valence-corrected chi connectivity index (χ4v) is 2.42. The SMILES string of the molecule is CNc1cc(Nc2ccccn2)nc2c(C(=O)NC3CC3)cnn12. The first-order valence-electron chi connectivity index (χ1n) is 7.80. The Labute approximate surface area is 138 Å². The second-order valence-electron chi connectivity index (χ2n) is 5.66. The van der Waals surface area contributed by atoms with Crippen molar-refractivity contribution >= 4 is 29.0 Å². The van der Waals surface area contributed by atoms with Crippen LogP contribution in [-0.4, -0.2) is 38.6 Å². The highest BCUT2D eigenvalue weighted by Gasteiger charge is 2.26. The molecule has 8 heteroatoms. The topological polar surface area (TPSA) is 96.2 Å². The van der Waals surface area contributed by atoms with Crippen LogP contribution in [0.5, 0.6) is 0 Å². The maximum Gasteiger partial charge on any atom is 0.256 e. The molecule has 3 N–H and O–H groups in total. The summed E-state index contributed by atoms with van der Waals surface area (Å²) in [6, 6.07) is 7.68. The lowest BCUT2D eigenvalue weighted by Crippen LogP contribution is -2.25. The van der Waals surface area contributed by atoms with Crippen molar-refractivity contribution in [1.29, 1.82) is 0 Å². The van der Waals surface area contributed by atoms with Gasteiger partial charge in [0.1, 0.15) is 23.0 Å². The lowest BCUT2D eigenvalue weighted by Gasteiger charge is -2.09. The molecule has 1 saturated carbocycles. The van der Waals surface area contributed by atoms with E-state index in [-0.39, 0.29) is 11.9 Å². The van der Waals surface area contributed by atoms with Crippen LogP contribution in [0.4, 0.5) is 17.5 Å². The first kappa shape index (κ1) is 14.4. The fourth-order valence-electron chi connectivity index (χ4n) is 2.42.